The maximum atomic E-state index is 12.7. The highest BCUT2D eigenvalue weighted by Crippen LogP contribution is 2.23. The predicted octanol–water partition coefficient (Wildman–Crippen LogP) is 4.33. The van der Waals surface area contributed by atoms with Gasteiger partial charge in [0.15, 0.2) is 0 Å². The third-order valence-corrected chi connectivity index (χ3v) is 5.61. The summed E-state index contributed by atoms with van der Waals surface area (Å²) in [4.78, 5) is 27.0. The Morgan fingerprint density at radius 2 is 1.79 bits per heavy atom. The third kappa shape index (κ3) is 5.45. The van der Waals surface area contributed by atoms with Gasteiger partial charge in [-0.2, -0.15) is 0 Å². The lowest BCUT2D eigenvalue weighted by Crippen LogP contribution is -2.38. The molecule has 1 amide bonds. The summed E-state index contributed by atoms with van der Waals surface area (Å²) in [6.45, 7) is 8.95. The Balaban J connectivity index is 1.53. The van der Waals surface area contributed by atoms with E-state index in [0.29, 0.717) is 12.2 Å². The topological polar surface area (TPSA) is 58.6 Å². The number of ether oxygens (including phenoxy) is 1. The first-order valence-electron chi connectivity index (χ1n) is 10.3. The number of aryl methyl sites for hydroxylation is 2. The second kappa shape index (κ2) is 9.70. The molecule has 1 N–H and O–H groups in total. The number of anilines is 1. The second-order valence-corrected chi connectivity index (χ2v) is 7.72. The molecule has 3 rings (SSSR count). The van der Waals surface area contributed by atoms with Crippen LogP contribution >= 0.6 is 0 Å². The first-order chi connectivity index (χ1) is 14.0. The van der Waals surface area contributed by atoms with Gasteiger partial charge in [-0.1, -0.05) is 24.3 Å². The molecule has 0 saturated carbocycles. The molecule has 0 spiro atoms. The lowest BCUT2D eigenvalue weighted by molar-refractivity contribution is -0.121. The Labute approximate surface area is 173 Å². The number of nitrogens with zero attached hydrogens (tertiary/aromatic N) is 1. The fourth-order valence-electron chi connectivity index (χ4n) is 3.76. The third-order valence-electron chi connectivity index (χ3n) is 5.61. The van der Waals surface area contributed by atoms with Crippen LogP contribution in [0.25, 0.3) is 0 Å². The van der Waals surface area contributed by atoms with Crippen LogP contribution in [0.2, 0.25) is 0 Å². The summed E-state index contributed by atoms with van der Waals surface area (Å²) in [6, 6.07) is 13.7. The van der Waals surface area contributed by atoms with Gasteiger partial charge in [-0.05, 0) is 81.6 Å². The Bertz CT molecular complexity index is 870. The van der Waals surface area contributed by atoms with E-state index in [-0.39, 0.29) is 17.8 Å². The number of rotatable bonds is 6. The number of hydrogen-bond donors (Lipinski definition) is 1. The quantitative estimate of drug-likeness (QED) is 0.741. The van der Waals surface area contributed by atoms with Gasteiger partial charge < -0.3 is 10.1 Å². The number of nitrogens with one attached hydrogen (secondary N) is 1. The highest BCUT2D eigenvalue weighted by Gasteiger charge is 2.25. The van der Waals surface area contributed by atoms with E-state index < -0.39 is 0 Å². The number of hydrogen-bond acceptors (Lipinski definition) is 4. The molecule has 2 aromatic rings. The van der Waals surface area contributed by atoms with Crippen LogP contribution in [0.15, 0.2) is 42.5 Å². The summed E-state index contributed by atoms with van der Waals surface area (Å²) < 4.78 is 5.03. The van der Waals surface area contributed by atoms with Gasteiger partial charge in [0, 0.05) is 18.2 Å². The zero-order chi connectivity index (χ0) is 20.8. The van der Waals surface area contributed by atoms with Gasteiger partial charge in [0.25, 0.3) is 0 Å². The zero-order valence-electron chi connectivity index (χ0n) is 17.5. The van der Waals surface area contributed by atoms with Crippen molar-refractivity contribution in [3.05, 3.63) is 64.7 Å². The molecule has 1 aliphatic rings. The molecule has 0 aromatic heterocycles. The summed E-state index contributed by atoms with van der Waals surface area (Å²) in [5, 5.41) is 3.04. The van der Waals surface area contributed by atoms with E-state index in [9.17, 15) is 9.59 Å². The number of carbonyl (C=O) groups excluding carboxylic acids is 2. The summed E-state index contributed by atoms with van der Waals surface area (Å²) in [5.74, 6) is -0.255. The minimum absolute atomic E-state index is 0.0206. The van der Waals surface area contributed by atoms with Crippen molar-refractivity contribution < 1.29 is 14.3 Å². The fourth-order valence-corrected chi connectivity index (χ4v) is 3.76. The van der Waals surface area contributed by atoms with E-state index in [1.54, 1.807) is 25.1 Å². The number of likely N-dealkylation sites (tertiary alicyclic amines) is 1. The summed E-state index contributed by atoms with van der Waals surface area (Å²) in [6.07, 6.45) is 1.72. The molecule has 154 valence electrons. The zero-order valence-corrected chi connectivity index (χ0v) is 17.5. The molecular weight excluding hydrogens is 364 g/mol. The average Bonchev–Trinajstić information content (AvgIpc) is 2.72. The van der Waals surface area contributed by atoms with Gasteiger partial charge in [-0.25, -0.2) is 4.79 Å². The molecule has 2 aromatic carbocycles. The molecule has 5 heteroatoms. The lowest BCUT2D eigenvalue weighted by Gasteiger charge is -2.31. The predicted molar refractivity (Wildman–Crippen MR) is 115 cm³/mol. The Morgan fingerprint density at radius 1 is 1.07 bits per heavy atom. The molecule has 0 radical (unpaired) electrons. The first-order valence-corrected chi connectivity index (χ1v) is 10.3. The smallest absolute Gasteiger partial charge is 0.338 e. The fraction of sp³-hybridized carbons (Fsp3) is 0.417. The van der Waals surface area contributed by atoms with Crippen LogP contribution in [0.4, 0.5) is 5.69 Å². The van der Waals surface area contributed by atoms with E-state index in [1.165, 1.54) is 11.1 Å². The van der Waals surface area contributed by atoms with Crippen LogP contribution in [-0.4, -0.2) is 36.5 Å². The van der Waals surface area contributed by atoms with Crippen LogP contribution in [0, 0.1) is 19.8 Å². The van der Waals surface area contributed by atoms with Gasteiger partial charge >= 0.3 is 5.97 Å². The minimum Gasteiger partial charge on any atom is -0.462 e. The number of piperidine rings is 1. The van der Waals surface area contributed by atoms with E-state index in [0.717, 1.165) is 43.7 Å². The number of carbonyl (C=O) groups is 2. The van der Waals surface area contributed by atoms with Gasteiger partial charge in [0.05, 0.1) is 12.2 Å². The van der Waals surface area contributed by atoms with Crippen LogP contribution in [0.3, 0.4) is 0 Å². The molecular formula is C24H30N2O3. The summed E-state index contributed by atoms with van der Waals surface area (Å²) in [5.41, 5.74) is 4.79. The molecule has 5 nitrogen and oxygen atoms in total. The molecule has 0 aliphatic carbocycles. The van der Waals surface area contributed by atoms with Crippen molar-refractivity contribution in [2.24, 2.45) is 5.92 Å². The summed E-state index contributed by atoms with van der Waals surface area (Å²) in [7, 11) is 0. The SMILES string of the molecule is CCOC(=O)c1ccc(NC(=O)C2CCN(Cc3ccccc3C)CC2)c(C)c1. The van der Waals surface area contributed by atoms with Crippen molar-refractivity contribution in [2.75, 3.05) is 25.0 Å². The van der Waals surface area contributed by atoms with Crippen molar-refractivity contribution in [1.29, 1.82) is 0 Å². The number of amides is 1. The van der Waals surface area contributed by atoms with Gasteiger partial charge in [0.1, 0.15) is 0 Å². The Morgan fingerprint density at radius 3 is 2.45 bits per heavy atom. The van der Waals surface area contributed by atoms with Crippen LogP contribution in [0.5, 0.6) is 0 Å². The largest absolute Gasteiger partial charge is 0.462 e. The van der Waals surface area contributed by atoms with Crippen molar-refractivity contribution >= 4 is 17.6 Å². The molecule has 29 heavy (non-hydrogen) atoms. The van der Waals surface area contributed by atoms with Gasteiger partial charge in [-0.15, -0.1) is 0 Å². The normalized spacial score (nSPS) is 15.1. The van der Waals surface area contributed by atoms with E-state index >= 15 is 0 Å². The van der Waals surface area contributed by atoms with Crippen molar-refractivity contribution in [1.82, 2.24) is 4.90 Å². The first kappa shape index (κ1) is 21.1. The standard InChI is InChI=1S/C24H30N2O3/c1-4-29-24(28)20-9-10-22(18(3)15-20)25-23(27)19-11-13-26(14-12-19)16-21-8-6-5-7-17(21)2/h5-10,15,19H,4,11-14,16H2,1-3H3,(H,25,27). The maximum Gasteiger partial charge on any atom is 0.338 e. The molecule has 0 atom stereocenters. The van der Waals surface area contributed by atoms with Gasteiger partial charge in [-0.3, -0.25) is 9.69 Å². The molecule has 0 unspecified atom stereocenters. The molecule has 1 heterocycles. The number of esters is 1. The molecule has 1 saturated heterocycles. The van der Waals surface area contributed by atoms with E-state index in [2.05, 4.69) is 41.4 Å². The van der Waals surface area contributed by atoms with E-state index in [4.69, 9.17) is 4.74 Å². The molecule has 1 fully saturated rings. The molecule has 0 bridgehead atoms. The van der Waals surface area contributed by atoms with Crippen molar-refractivity contribution in [3.8, 4) is 0 Å². The number of benzene rings is 2. The highest BCUT2D eigenvalue weighted by atomic mass is 16.5. The maximum absolute atomic E-state index is 12.7. The van der Waals surface area contributed by atoms with Crippen LogP contribution in [0.1, 0.15) is 46.8 Å². The Kier molecular flexibility index (Phi) is 7.04. The lowest BCUT2D eigenvalue weighted by atomic mass is 9.95. The van der Waals surface area contributed by atoms with Crippen LogP contribution in [-0.2, 0) is 16.1 Å². The van der Waals surface area contributed by atoms with Crippen molar-refractivity contribution in [3.63, 3.8) is 0 Å². The van der Waals surface area contributed by atoms with Crippen LogP contribution < -0.4 is 5.32 Å². The highest BCUT2D eigenvalue weighted by molar-refractivity contribution is 5.95. The average molecular weight is 395 g/mol. The second-order valence-electron chi connectivity index (χ2n) is 7.72. The van der Waals surface area contributed by atoms with E-state index in [1.807, 2.05) is 6.92 Å². The minimum atomic E-state index is -0.338. The Hall–Kier alpha value is -2.66. The van der Waals surface area contributed by atoms with Crippen molar-refractivity contribution in [2.45, 2.75) is 40.2 Å². The molecule has 1 aliphatic heterocycles. The van der Waals surface area contributed by atoms with Gasteiger partial charge in [0.2, 0.25) is 5.91 Å². The summed E-state index contributed by atoms with van der Waals surface area (Å²) >= 11 is 0. The monoisotopic (exact) mass is 394 g/mol.